The fourth-order valence-corrected chi connectivity index (χ4v) is 4.95. The number of hydrogen-bond acceptors (Lipinski definition) is 4. The van der Waals surface area contributed by atoms with Crippen molar-refractivity contribution in [1.29, 1.82) is 0 Å². The third kappa shape index (κ3) is 3.22. The zero-order chi connectivity index (χ0) is 21.6. The van der Waals surface area contributed by atoms with E-state index in [4.69, 9.17) is 21.7 Å². The first-order chi connectivity index (χ1) is 14.3. The van der Waals surface area contributed by atoms with Crippen LogP contribution in [0, 0.1) is 5.92 Å². The molecule has 0 aliphatic carbocycles. The highest BCUT2D eigenvalue weighted by Crippen LogP contribution is 2.52. The Balaban J connectivity index is 1.92. The molecule has 158 valence electrons. The maximum absolute atomic E-state index is 13.4. The second kappa shape index (κ2) is 7.74. The van der Waals surface area contributed by atoms with Gasteiger partial charge >= 0.3 is 0 Å². The van der Waals surface area contributed by atoms with Crippen molar-refractivity contribution in [3.05, 3.63) is 52.5 Å². The van der Waals surface area contributed by atoms with Crippen LogP contribution in [-0.2, 0) is 4.79 Å². The molecular formula is C22H24BrN3O3S. The van der Waals surface area contributed by atoms with E-state index in [1.807, 2.05) is 61.2 Å². The van der Waals surface area contributed by atoms with Crippen LogP contribution in [0.2, 0.25) is 0 Å². The van der Waals surface area contributed by atoms with Crippen molar-refractivity contribution < 1.29 is 14.3 Å². The molecular weight excluding hydrogens is 466 g/mol. The highest BCUT2D eigenvalue weighted by molar-refractivity contribution is 9.10. The van der Waals surface area contributed by atoms with Crippen molar-refractivity contribution >= 4 is 44.9 Å². The van der Waals surface area contributed by atoms with Gasteiger partial charge in [-0.25, -0.2) is 0 Å². The molecule has 0 aromatic heterocycles. The number of thiocarbonyl (C=S) groups is 1. The molecule has 1 fully saturated rings. The van der Waals surface area contributed by atoms with E-state index < -0.39 is 11.6 Å². The van der Waals surface area contributed by atoms with Gasteiger partial charge in [-0.2, -0.15) is 0 Å². The molecule has 2 bridgehead atoms. The molecule has 0 spiro atoms. The fraction of sp³-hybridized carbons (Fsp3) is 0.364. The molecule has 0 unspecified atom stereocenters. The van der Waals surface area contributed by atoms with Crippen molar-refractivity contribution in [3.8, 4) is 11.5 Å². The Morgan fingerprint density at radius 3 is 2.63 bits per heavy atom. The van der Waals surface area contributed by atoms with Crippen LogP contribution in [0.15, 0.2) is 46.9 Å². The standard InChI is InChI=1S/C22H24BrN3O3S/c1-5-28-16-8-6-7-15-18-17(20(27)25(3)4)22(2,29-19(15)16)26(21(30)24-18)14-11-9-13(23)10-12-14/h6-12,17-18H,5H2,1-4H3,(H,24,30)/t17-,18+,22+/m1/s1. The van der Waals surface area contributed by atoms with E-state index in [0.29, 0.717) is 23.2 Å². The van der Waals surface area contributed by atoms with Crippen LogP contribution in [0.1, 0.15) is 25.5 Å². The Morgan fingerprint density at radius 2 is 2.00 bits per heavy atom. The van der Waals surface area contributed by atoms with Gasteiger partial charge in [0.2, 0.25) is 5.91 Å². The quantitative estimate of drug-likeness (QED) is 0.652. The van der Waals surface area contributed by atoms with Gasteiger partial charge in [-0.3, -0.25) is 9.69 Å². The molecule has 6 nitrogen and oxygen atoms in total. The maximum atomic E-state index is 13.4. The number of benzene rings is 2. The molecule has 0 radical (unpaired) electrons. The second-order valence-corrected chi connectivity index (χ2v) is 9.02. The number of fused-ring (bicyclic) bond motifs is 4. The minimum Gasteiger partial charge on any atom is -0.490 e. The summed E-state index contributed by atoms with van der Waals surface area (Å²) in [4.78, 5) is 16.9. The van der Waals surface area contributed by atoms with Crippen molar-refractivity contribution in [1.82, 2.24) is 10.2 Å². The topological polar surface area (TPSA) is 54.0 Å². The van der Waals surface area contributed by atoms with E-state index in [9.17, 15) is 4.79 Å². The Kier molecular flexibility index (Phi) is 5.40. The maximum Gasteiger partial charge on any atom is 0.233 e. The van der Waals surface area contributed by atoms with Crippen molar-refractivity contribution in [2.45, 2.75) is 25.6 Å². The number of carbonyl (C=O) groups excluding carboxylic acids is 1. The Hall–Kier alpha value is -2.32. The molecule has 2 heterocycles. The summed E-state index contributed by atoms with van der Waals surface area (Å²) in [6, 6.07) is 13.2. The van der Waals surface area contributed by atoms with Crippen LogP contribution < -0.4 is 19.7 Å². The number of hydrogen-bond donors (Lipinski definition) is 1. The number of para-hydroxylation sites is 1. The zero-order valence-electron chi connectivity index (χ0n) is 17.3. The van der Waals surface area contributed by atoms with Gasteiger partial charge in [0.1, 0.15) is 5.92 Å². The number of rotatable bonds is 4. The van der Waals surface area contributed by atoms with Crippen molar-refractivity contribution in [2.75, 3.05) is 25.6 Å². The highest BCUT2D eigenvalue weighted by Gasteiger charge is 2.59. The van der Waals surface area contributed by atoms with Gasteiger partial charge < -0.3 is 19.7 Å². The van der Waals surface area contributed by atoms with Crippen LogP contribution >= 0.6 is 28.1 Å². The van der Waals surface area contributed by atoms with E-state index in [1.165, 1.54) is 0 Å². The van der Waals surface area contributed by atoms with Gasteiger partial charge in [-0.15, -0.1) is 0 Å². The smallest absolute Gasteiger partial charge is 0.233 e. The third-order valence-electron chi connectivity index (χ3n) is 5.58. The lowest BCUT2D eigenvalue weighted by Gasteiger charge is -2.56. The fourth-order valence-electron chi connectivity index (χ4n) is 4.27. The monoisotopic (exact) mass is 489 g/mol. The number of ether oxygens (including phenoxy) is 2. The minimum absolute atomic E-state index is 0.0351. The molecule has 0 saturated carbocycles. The third-order valence-corrected chi connectivity index (χ3v) is 6.41. The van der Waals surface area contributed by atoms with Crippen molar-refractivity contribution in [2.24, 2.45) is 5.92 Å². The van der Waals surface area contributed by atoms with Gasteiger partial charge in [0, 0.05) is 29.8 Å². The lowest BCUT2D eigenvalue weighted by atomic mass is 9.78. The lowest BCUT2D eigenvalue weighted by molar-refractivity contribution is -0.144. The summed E-state index contributed by atoms with van der Waals surface area (Å²) >= 11 is 9.23. The van der Waals surface area contributed by atoms with E-state index in [-0.39, 0.29) is 11.9 Å². The molecule has 1 N–H and O–H groups in total. The lowest BCUT2D eigenvalue weighted by Crippen LogP contribution is -2.72. The van der Waals surface area contributed by atoms with Crippen LogP contribution in [-0.4, -0.2) is 42.3 Å². The molecule has 2 aromatic carbocycles. The van der Waals surface area contributed by atoms with Gasteiger partial charge in [0.15, 0.2) is 22.3 Å². The first-order valence-electron chi connectivity index (χ1n) is 9.80. The number of carbonyl (C=O) groups is 1. The zero-order valence-corrected chi connectivity index (χ0v) is 19.7. The summed E-state index contributed by atoms with van der Waals surface area (Å²) < 4.78 is 13.4. The number of amides is 1. The molecule has 3 atom stereocenters. The molecule has 2 aromatic rings. The first kappa shape index (κ1) is 20.9. The molecule has 8 heteroatoms. The number of nitrogens with one attached hydrogen (secondary N) is 1. The van der Waals surface area contributed by atoms with E-state index in [2.05, 4.69) is 21.2 Å². The largest absolute Gasteiger partial charge is 0.490 e. The van der Waals surface area contributed by atoms with E-state index >= 15 is 0 Å². The van der Waals surface area contributed by atoms with Gasteiger partial charge in [-0.05, 0) is 56.4 Å². The Labute approximate surface area is 190 Å². The van der Waals surface area contributed by atoms with E-state index in [0.717, 1.165) is 15.7 Å². The van der Waals surface area contributed by atoms with Crippen LogP contribution in [0.25, 0.3) is 0 Å². The molecule has 30 heavy (non-hydrogen) atoms. The predicted molar refractivity (Wildman–Crippen MR) is 124 cm³/mol. The summed E-state index contributed by atoms with van der Waals surface area (Å²) in [5.74, 6) is 0.749. The average Bonchev–Trinajstić information content (AvgIpc) is 2.69. The second-order valence-electron chi connectivity index (χ2n) is 7.71. The Bertz CT molecular complexity index is 998. The molecule has 4 rings (SSSR count). The molecule has 1 saturated heterocycles. The Morgan fingerprint density at radius 1 is 1.30 bits per heavy atom. The summed E-state index contributed by atoms with van der Waals surface area (Å²) in [6.07, 6.45) is 0. The van der Waals surface area contributed by atoms with Crippen LogP contribution in [0.5, 0.6) is 11.5 Å². The number of nitrogens with zero attached hydrogens (tertiary/aromatic N) is 2. The number of anilines is 1. The summed E-state index contributed by atoms with van der Waals surface area (Å²) in [5, 5.41) is 3.92. The van der Waals surface area contributed by atoms with Crippen LogP contribution in [0.4, 0.5) is 5.69 Å². The minimum atomic E-state index is -1.04. The van der Waals surface area contributed by atoms with Crippen LogP contribution in [0.3, 0.4) is 0 Å². The van der Waals surface area contributed by atoms with Gasteiger partial charge in [-0.1, -0.05) is 28.1 Å². The summed E-state index contributed by atoms with van der Waals surface area (Å²) in [6.45, 7) is 4.38. The van der Waals surface area contributed by atoms with E-state index in [1.54, 1.807) is 19.0 Å². The predicted octanol–water partition coefficient (Wildman–Crippen LogP) is 4.10. The van der Waals surface area contributed by atoms with Crippen molar-refractivity contribution in [3.63, 3.8) is 0 Å². The first-order valence-corrected chi connectivity index (χ1v) is 11.0. The normalized spacial score (nSPS) is 24.4. The number of halogens is 1. The SMILES string of the molecule is CCOc1cccc2c1O[C@@]1(C)[C@@H](C(=O)N(C)C)[C@H]2NC(=S)N1c1ccc(Br)cc1. The van der Waals surface area contributed by atoms with Gasteiger partial charge in [0.25, 0.3) is 0 Å². The highest BCUT2D eigenvalue weighted by atomic mass is 79.9. The molecule has 1 amide bonds. The average molecular weight is 490 g/mol. The molecule has 2 aliphatic heterocycles. The summed E-state index contributed by atoms with van der Waals surface area (Å²) in [7, 11) is 3.52. The summed E-state index contributed by atoms with van der Waals surface area (Å²) in [5.41, 5.74) is 0.671. The van der Waals surface area contributed by atoms with Gasteiger partial charge in [0.05, 0.1) is 12.6 Å². The molecule has 2 aliphatic rings.